The molecule has 120 valence electrons. The summed E-state index contributed by atoms with van der Waals surface area (Å²) in [5.41, 5.74) is 9.44. The number of anilines is 1. The molecule has 0 fully saturated rings. The zero-order valence-corrected chi connectivity index (χ0v) is 14.0. The number of rotatable bonds is 2. The van der Waals surface area contributed by atoms with E-state index in [-0.39, 0.29) is 16.7 Å². The molecule has 1 aromatic carbocycles. The second-order valence-electron chi connectivity index (χ2n) is 5.72. The van der Waals surface area contributed by atoms with E-state index >= 15 is 0 Å². The maximum atomic E-state index is 14.6. The summed E-state index contributed by atoms with van der Waals surface area (Å²) in [6.07, 6.45) is 0.950. The maximum Gasteiger partial charge on any atom is 0.227 e. The minimum Gasteiger partial charge on any atom is -0.388 e. The lowest BCUT2D eigenvalue weighted by atomic mass is 9.96. The molecule has 2 N–H and O–H groups in total. The fourth-order valence-electron chi connectivity index (χ4n) is 3.07. The second kappa shape index (κ2) is 5.42. The molecule has 0 saturated carbocycles. The van der Waals surface area contributed by atoms with Crippen LogP contribution in [0.3, 0.4) is 0 Å². The third-order valence-corrected chi connectivity index (χ3v) is 4.48. The predicted octanol–water partition coefficient (Wildman–Crippen LogP) is 2.08. The van der Waals surface area contributed by atoms with Crippen LogP contribution in [-0.2, 0) is 18.3 Å². The van der Waals surface area contributed by atoms with E-state index in [0.717, 1.165) is 16.8 Å². The summed E-state index contributed by atoms with van der Waals surface area (Å²) >= 11 is 5.03. The van der Waals surface area contributed by atoms with Gasteiger partial charge >= 0.3 is 0 Å². The topological polar surface area (TPSA) is 64.2 Å². The van der Waals surface area contributed by atoms with E-state index in [9.17, 15) is 9.18 Å². The Hall–Kier alpha value is -2.28. The maximum absolute atomic E-state index is 14.6. The van der Waals surface area contributed by atoms with Gasteiger partial charge in [0.15, 0.2) is 0 Å². The number of nitrogens with two attached hydrogens (primary N) is 1. The number of carbonyl (C=O) groups is 1. The monoisotopic (exact) mass is 332 g/mol. The molecule has 1 aliphatic heterocycles. The number of aryl methyl sites for hydroxylation is 2. The Bertz CT molecular complexity index is 843. The summed E-state index contributed by atoms with van der Waals surface area (Å²) in [6.45, 7) is 1.81. The summed E-state index contributed by atoms with van der Waals surface area (Å²) in [4.78, 5) is 13.7. The Balaban J connectivity index is 2.20. The van der Waals surface area contributed by atoms with Crippen molar-refractivity contribution in [1.82, 2.24) is 9.78 Å². The highest BCUT2D eigenvalue weighted by Crippen LogP contribution is 2.35. The Morgan fingerprint density at radius 1 is 1.35 bits per heavy atom. The van der Waals surface area contributed by atoms with Crippen LogP contribution in [0.4, 0.5) is 10.1 Å². The molecule has 2 aromatic rings. The van der Waals surface area contributed by atoms with Crippen LogP contribution in [-0.4, -0.2) is 27.7 Å². The van der Waals surface area contributed by atoms with Crippen LogP contribution < -0.4 is 10.6 Å². The summed E-state index contributed by atoms with van der Waals surface area (Å²) in [5.74, 6) is -0.334. The van der Waals surface area contributed by atoms with Crippen LogP contribution in [0.5, 0.6) is 0 Å². The molecule has 0 unspecified atom stereocenters. The van der Waals surface area contributed by atoms with Crippen molar-refractivity contribution in [3.05, 3.63) is 34.8 Å². The SMILES string of the molecule is Cc1c(-c2cc3c(cc2F)CCC(=O)N3C)nn(C)c1C(N)=S. The zero-order chi connectivity index (χ0) is 16.9. The van der Waals surface area contributed by atoms with Crippen molar-refractivity contribution in [2.45, 2.75) is 19.8 Å². The first-order chi connectivity index (χ1) is 10.8. The highest BCUT2D eigenvalue weighted by atomic mass is 32.1. The Morgan fingerprint density at radius 2 is 2.04 bits per heavy atom. The molecule has 0 spiro atoms. The number of aromatic nitrogens is 2. The van der Waals surface area contributed by atoms with Crippen LogP contribution in [0, 0.1) is 12.7 Å². The number of carbonyl (C=O) groups excluding carboxylic acids is 1. The fraction of sp³-hybridized carbons (Fsp3) is 0.312. The molecular weight excluding hydrogens is 315 g/mol. The number of fused-ring (bicyclic) bond motifs is 1. The number of halogens is 1. The number of hydrogen-bond acceptors (Lipinski definition) is 3. The normalized spacial score (nSPS) is 14.1. The van der Waals surface area contributed by atoms with Crippen molar-refractivity contribution in [3.8, 4) is 11.3 Å². The molecule has 0 bridgehead atoms. The lowest BCUT2D eigenvalue weighted by molar-refractivity contribution is -0.118. The van der Waals surface area contributed by atoms with Gasteiger partial charge in [0.25, 0.3) is 0 Å². The van der Waals surface area contributed by atoms with Crippen molar-refractivity contribution < 1.29 is 9.18 Å². The van der Waals surface area contributed by atoms with Gasteiger partial charge < -0.3 is 10.6 Å². The van der Waals surface area contributed by atoms with Gasteiger partial charge in [-0.2, -0.15) is 5.10 Å². The van der Waals surface area contributed by atoms with Gasteiger partial charge in [0.1, 0.15) is 10.8 Å². The van der Waals surface area contributed by atoms with Crippen molar-refractivity contribution >= 4 is 28.8 Å². The molecule has 0 atom stereocenters. The quantitative estimate of drug-likeness (QED) is 0.855. The lowest BCUT2D eigenvalue weighted by Crippen LogP contribution is -2.31. The number of amides is 1. The van der Waals surface area contributed by atoms with Crippen LogP contribution in [0.1, 0.15) is 23.2 Å². The van der Waals surface area contributed by atoms with Crippen molar-refractivity contribution in [3.63, 3.8) is 0 Å². The lowest BCUT2D eigenvalue weighted by Gasteiger charge is -2.26. The summed E-state index contributed by atoms with van der Waals surface area (Å²) in [5, 5.41) is 4.36. The number of benzene rings is 1. The van der Waals surface area contributed by atoms with Crippen LogP contribution in [0.25, 0.3) is 11.3 Å². The third kappa shape index (κ3) is 2.41. The van der Waals surface area contributed by atoms with Gasteiger partial charge in [-0.15, -0.1) is 0 Å². The predicted molar refractivity (Wildman–Crippen MR) is 91.0 cm³/mol. The van der Waals surface area contributed by atoms with E-state index in [2.05, 4.69) is 5.10 Å². The van der Waals surface area contributed by atoms with E-state index in [0.29, 0.717) is 29.8 Å². The van der Waals surface area contributed by atoms with Gasteiger partial charge in [-0.25, -0.2) is 4.39 Å². The van der Waals surface area contributed by atoms with Crippen molar-refractivity contribution in [2.75, 3.05) is 11.9 Å². The second-order valence-corrected chi connectivity index (χ2v) is 6.16. The Labute approximate surface area is 138 Å². The van der Waals surface area contributed by atoms with E-state index < -0.39 is 0 Å². The third-order valence-electron chi connectivity index (χ3n) is 4.28. The average molecular weight is 332 g/mol. The number of thiocarbonyl (C=S) groups is 1. The molecule has 1 aliphatic rings. The van der Waals surface area contributed by atoms with Gasteiger partial charge in [-0.3, -0.25) is 9.48 Å². The van der Waals surface area contributed by atoms with Gasteiger partial charge in [0.05, 0.1) is 11.4 Å². The number of nitrogens with zero attached hydrogens (tertiary/aromatic N) is 3. The molecule has 0 aliphatic carbocycles. The first-order valence-electron chi connectivity index (χ1n) is 7.24. The molecule has 0 radical (unpaired) electrons. The van der Waals surface area contributed by atoms with Crippen molar-refractivity contribution in [1.29, 1.82) is 0 Å². The van der Waals surface area contributed by atoms with E-state index in [4.69, 9.17) is 18.0 Å². The molecule has 1 aromatic heterocycles. The summed E-state index contributed by atoms with van der Waals surface area (Å²) in [7, 11) is 3.42. The molecule has 1 amide bonds. The first kappa shape index (κ1) is 15.6. The Kier molecular flexibility index (Phi) is 3.68. The van der Waals surface area contributed by atoms with Gasteiger partial charge in [0, 0.05) is 37.3 Å². The van der Waals surface area contributed by atoms with E-state index in [1.165, 1.54) is 6.07 Å². The first-order valence-corrected chi connectivity index (χ1v) is 7.64. The largest absolute Gasteiger partial charge is 0.388 e. The number of hydrogen-bond donors (Lipinski definition) is 1. The standard InChI is InChI=1S/C16H17FN4OS/c1-8-14(19-21(3)15(8)16(18)23)10-7-12-9(6-11(10)17)4-5-13(22)20(12)2/h6-7H,4-5H2,1-3H3,(H2,18,23). The van der Waals surface area contributed by atoms with Crippen LogP contribution >= 0.6 is 12.2 Å². The molecular formula is C16H17FN4OS. The van der Waals surface area contributed by atoms with E-state index in [1.54, 1.807) is 29.7 Å². The smallest absolute Gasteiger partial charge is 0.227 e. The van der Waals surface area contributed by atoms with Crippen molar-refractivity contribution in [2.24, 2.45) is 12.8 Å². The van der Waals surface area contributed by atoms with E-state index in [1.807, 2.05) is 6.92 Å². The molecule has 23 heavy (non-hydrogen) atoms. The minimum atomic E-state index is -0.359. The summed E-state index contributed by atoms with van der Waals surface area (Å²) < 4.78 is 16.1. The fourth-order valence-corrected chi connectivity index (χ4v) is 3.36. The van der Waals surface area contributed by atoms with Crippen LogP contribution in [0.2, 0.25) is 0 Å². The highest BCUT2D eigenvalue weighted by Gasteiger charge is 2.25. The zero-order valence-electron chi connectivity index (χ0n) is 13.2. The van der Waals surface area contributed by atoms with Gasteiger partial charge in [-0.1, -0.05) is 12.2 Å². The molecule has 5 nitrogen and oxygen atoms in total. The van der Waals surface area contributed by atoms with Gasteiger partial charge in [-0.05, 0) is 31.0 Å². The summed E-state index contributed by atoms with van der Waals surface area (Å²) in [6, 6.07) is 3.17. The molecule has 2 heterocycles. The van der Waals surface area contributed by atoms with Crippen LogP contribution in [0.15, 0.2) is 12.1 Å². The Morgan fingerprint density at radius 3 is 2.65 bits per heavy atom. The molecule has 3 rings (SSSR count). The average Bonchev–Trinajstić information content (AvgIpc) is 2.77. The molecule has 7 heteroatoms. The molecule has 0 saturated heterocycles. The van der Waals surface area contributed by atoms with Gasteiger partial charge in [0.2, 0.25) is 5.91 Å². The minimum absolute atomic E-state index is 0.0247. The highest BCUT2D eigenvalue weighted by molar-refractivity contribution is 7.80.